The molecule has 0 aliphatic heterocycles. The molecular formula is C13H8F3NO3S2. The zero-order valence-corrected chi connectivity index (χ0v) is 12.3. The van der Waals surface area contributed by atoms with Gasteiger partial charge in [-0.25, -0.2) is 4.79 Å². The summed E-state index contributed by atoms with van der Waals surface area (Å²) >= 11 is 0.772. The number of alkyl halides is 3. The van der Waals surface area contributed by atoms with Gasteiger partial charge >= 0.3 is 11.5 Å². The lowest BCUT2D eigenvalue weighted by atomic mass is 10.2. The minimum atomic E-state index is -4.39. The summed E-state index contributed by atoms with van der Waals surface area (Å²) in [5, 5.41) is 13.0. The third-order valence-corrected chi connectivity index (χ3v) is 4.04. The Labute approximate surface area is 131 Å². The molecule has 116 valence electrons. The van der Waals surface area contributed by atoms with Gasteiger partial charge in [0.1, 0.15) is 5.00 Å². The van der Waals surface area contributed by atoms with Gasteiger partial charge in [-0.1, -0.05) is 0 Å². The molecule has 0 unspecified atom stereocenters. The summed E-state index contributed by atoms with van der Waals surface area (Å²) in [5.41, 5.74) is -4.30. The lowest BCUT2D eigenvalue weighted by molar-refractivity contribution is -0.0328. The number of rotatable bonds is 4. The van der Waals surface area contributed by atoms with Crippen LogP contribution < -0.4 is 5.32 Å². The normalized spacial score (nSPS) is 11.2. The summed E-state index contributed by atoms with van der Waals surface area (Å²) in [6.07, 6.45) is 0. The topological polar surface area (TPSA) is 66.4 Å². The summed E-state index contributed by atoms with van der Waals surface area (Å²) in [7, 11) is 0. The maximum Gasteiger partial charge on any atom is 0.446 e. The number of amides is 1. The predicted octanol–water partition coefficient (Wildman–Crippen LogP) is 4.31. The molecule has 2 aromatic rings. The van der Waals surface area contributed by atoms with Crippen LogP contribution in [0.3, 0.4) is 0 Å². The van der Waals surface area contributed by atoms with Gasteiger partial charge in [0.2, 0.25) is 0 Å². The van der Waals surface area contributed by atoms with Crippen molar-refractivity contribution in [1.29, 1.82) is 0 Å². The van der Waals surface area contributed by atoms with Crippen molar-refractivity contribution in [2.75, 3.05) is 5.32 Å². The molecule has 9 heteroatoms. The van der Waals surface area contributed by atoms with Gasteiger partial charge in [-0.2, -0.15) is 13.2 Å². The second kappa shape index (κ2) is 6.41. The molecule has 0 bridgehead atoms. The number of aromatic carboxylic acids is 1. The fraction of sp³-hybridized carbons (Fsp3) is 0.0769. The first-order valence-corrected chi connectivity index (χ1v) is 7.44. The smallest absolute Gasteiger partial charge is 0.446 e. The number of carbonyl (C=O) groups excluding carboxylic acids is 1. The van der Waals surface area contributed by atoms with Crippen LogP contribution in [0.1, 0.15) is 20.7 Å². The largest absolute Gasteiger partial charge is 0.478 e. The minimum Gasteiger partial charge on any atom is -0.478 e. The third-order valence-electron chi connectivity index (χ3n) is 2.47. The van der Waals surface area contributed by atoms with E-state index in [9.17, 15) is 22.8 Å². The van der Waals surface area contributed by atoms with E-state index in [0.29, 0.717) is 0 Å². The van der Waals surface area contributed by atoms with Gasteiger partial charge in [-0.05, 0) is 47.5 Å². The molecular weight excluding hydrogens is 339 g/mol. The average molecular weight is 347 g/mol. The van der Waals surface area contributed by atoms with E-state index >= 15 is 0 Å². The number of thiophene rings is 1. The van der Waals surface area contributed by atoms with Crippen LogP contribution >= 0.6 is 23.1 Å². The number of anilines is 1. The Balaban J connectivity index is 2.10. The third kappa shape index (κ3) is 4.25. The zero-order valence-electron chi connectivity index (χ0n) is 10.7. The van der Waals surface area contributed by atoms with Crippen LogP contribution in [0.4, 0.5) is 18.2 Å². The highest BCUT2D eigenvalue weighted by Gasteiger charge is 2.29. The molecule has 1 aromatic carbocycles. The molecule has 4 nitrogen and oxygen atoms in total. The van der Waals surface area contributed by atoms with E-state index in [2.05, 4.69) is 5.32 Å². The molecule has 0 fully saturated rings. The van der Waals surface area contributed by atoms with E-state index in [1.165, 1.54) is 35.7 Å². The van der Waals surface area contributed by atoms with Crippen LogP contribution in [0.25, 0.3) is 0 Å². The first kappa shape index (κ1) is 16.4. The van der Waals surface area contributed by atoms with E-state index in [0.717, 1.165) is 11.3 Å². The number of halogens is 3. The number of hydrogen-bond donors (Lipinski definition) is 2. The molecule has 0 saturated heterocycles. The van der Waals surface area contributed by atoms with Crippen molar-refractivity contribution < 1.29 is 27.9 Å². The van der Waals surface area contributed by atoms with Crippen molar-refractivity contribution in [2.45, 2.75) is 10.4 Å². The van der Waals surface area contributed by atoms with Crippen LogP contribution in [0.15, 0.2) is 40.6 Å². The standard InChI is InChI=1S/C13H8F3NO3S2/c14-13(15,16)22-8-3-1-7(2-4-8)10(18)17-11-9(12(19)20)5-6-21-11/h1-6H,(H,17,18)(H,19,20). The Kier molecular flexibility index (Phi) is 4.77. The second-order valence-electron chi connectivity index (χ2n) is 3.99. The van der Waals surface area contributed by atoms with Gasteiger partial charge in [-0.15, -0.1) is 11.3 Å². The van der Waals surface area contributed by atoms with Crippen molar-refractivity contribution in [3.8, 4) is 0 Å². The van der Waals surface area contributed by atoms with Crippen LogP contribution in [-0.2, 0) is 0 Å². The van der Waals surface area contributed by atoms with Crippen LogP contribution in [-0.4, -0.2) is 22.5 Å². The quantitative estimate of drug-likeness (QED) is 0.809. The van der Waals surface area contributed by atoms with Gasteiger partial charge < -0.3 is 10.4 Å². The molecule has 0 aliphatic rings. The molecule has 22 heavy (non-hydrogen) atoms. The molecule has 1 heterocycles. The number of benzene rings is 1. The number of nitrogens with one attached hydrogen (secondary N) is 1. The van der Waals surface area contributed by atoms with E-state index in [4.69, 9.17) is 5.11 Å². The van der Waals surface area contributed by atoms with Gasteiger partial charge in [0, 0.05) is 10.5 Å². The Morgan fingerprint density at radius 2 is 1.77 bits per heavy atom. The van der Waals surface area contributed by atoms with E-state index in [1.54, 1.807) is 0 Å². The molecule has 1 aromatic heterocycles. The van der Waals surface area contributed by atoms with Gasteiger partial charge in [0.25, 0.3) is 5.91 Å². The summed E-state index contributed by atoms with van der Waals surface area (Å²) in [4.78, 5) is 22.8. The first-order chi connectivity index (χ1) is 10.3. The van der Waals surface area contributed by atoms with Gasteiger partial charge in [-0.3, -0.25) is 4.79 Å². The second-order valence-corrected chi connectivity index (χ2v) is 6.05. The maximum absolute atomic E-state index is 12.2. The highest BCUT2D eigenvalue weighted by molar-refractivity contribution is 8.00. The fourth-order valence-electron chi connectivity index (χ4n) is 1.56. The van der Waals surface area contributed by atoms with Crippen molar-refractivity contribution in [3.05, 3.63) is 46.8 Å². The number of hydrogen-bond acceptors (Lipinski definition) is 4. The average Bonchev–Trinajstić information content (AvgIpc) is 2.86. The predicted molar refractivity (Wildman–Crippen MR) is 77.6 cm³/mol. The zero-order chi connectivity index (χ0) is 16.3. The lowest BCUT2D eigenvalue weighted by Crippen LogP contribution is -2.13. The monoisotopic (exact) mass is 347 g/mol. The lowest BCUT2D eigenvalue weighted by Gasteiger charge is -2.07. The van der Waals surface area contributed by atoms with Gasteiger partial charge in [0.05, 0.1) is 5.56 Å². The Bertz CT molecular complexity index is 695. The summed E-state index contributed by atoms with van der Waals surface area (Å²) in [6, 6.07) is 6.21. The number of carboxylic acids is 1. The maximum atomic E-state index is 12.2. The van der Waals surface area contributed by atoms with E-state index in [-0.39, 0.29) is 32.8 Å². The van der Waals surface area contributed by atoms with Crippen LogP contribution in [0.5, 0.6) is 0 Å². The summed E-state index contributed by atoms with van der Waals surface area (Å²) in [5.74, 6) is -1.76. The Morgan fingerprint density at radius 3 is 2.32 bits per heavy atom. The number of carboxylic acid groups (broad SMARTS) is 1. The molecule has 0 aliphatic carbocycles. The molecule has 2 N–H and O–H groups in total. The SMILES string of the molecule is O=C(Nc1sccc1C(=O)O)c1ccc(SC(F)(F)F)cc1. The number of thioether (sulfide) groups is 1. The summed E-state index contributed by atoms with van der Waals surface area (Å²) < 4.78 is 36.6. The summed E-state index contributed by atoms with van der Waals surface area (Å²) in [6.45, 7) is 0. The Hall–Kier alpha value is -2.00. The highest BCUT2D eigenvalue weighted by atomic mass is 32.2. The molecule has 2 rings (SSSR count). The van der Waals surface area contributed by atoms with Crippen molar-refractivity contribution >= 4 is 40.0 Å². The molecule has 0 atom stereocenters. The van der Waals surface area contributed by atoms with Crippen molar-refractivity contribution in [1.82, 2.24) is 0 Å². The molecule has 0 saturated carbocycles. The first-order valence-electron chi connectivity index (χ1n) is 5.74. The van der Waals surface area contributed by atoms with Gasteiger partial charge in [0.15, 0.2) is 0 Å². The Morgan fingerprint density at radius 1 is 1.14 bits per heavy atom. The molecule has 1 amide bonds. The minimum absolute atomic E-state index is 0.0357. The fourth-order valence-corrected chi connectivity index (χ4v) is 2.87. The molecule has 0 spiro atoms. The van der Waals surface area contributed by atoms with E-state index in [1.807, 2.05) is 0 Å². The number of carbonyl (C=O) groups is 2. The van der Waals surface area contributed by atoms with Crippen molar-refractivity contribution in [3.63, 3.8) is 0 Å². The van der Waals surface area contributed by atoms with Crippen molar-refractivity contribution in [2.24, 2.45) is 0 Å². The van der Waals surface area contributed by atoms with E-state index < -0.39 is 17.4 Å². The highest BCUT2D eigenvalue weighted by Crippen LogP contribution is 2.36. The molecule has 0 radical (unpaired) electrons. The van der Waals surface area contributed by atoms with Crippen LogP contribution in [0.2, 0.25) is 0 Å². The van der Waals surface area contributed by atoms with Crippen LogP contribution in [0, 0.1) is 0 Å².